The summed E-state index contributed by atoms with van der Waals surface area (Å²) in [6.45, 7) is 0.236. The van der Waals surface area contributed by atoms with Gasteiger partial charge in [0.15, 0.2) is 5.69 Å². The van der Waals surface area contributed by atoms with Crippen LogP contribution in [0.1, 0.15) is 35.2 Å². The maximum Gasteiger partial charge on any atom is 0.435 e. The quantitative estimate of drug-likeness (QED) is 0.735. The lowest BCUT2D eigenvalue weighted by atomic mass is 10.2. The second-order valence-electron chi connectivity index (χ2n) is 5.35. The Morgan fingerprint density at radius 1 is 1.32 bits per heavy atom. The van der Waals surface area contributed by atoms with Gasteiger partial charge in [-0.25, -0.2) is 4.98 Å². The summed E-state index contributed by atoms with van der Waals surface area (Å²) in [5, 5.41) is 6.73. The third-order valence-electron chi connectivity index (χ3n) is 3.63. The van der Waals surface area contributed by atoms with E-state index < -0.39 is 11.9 Å². The number of nitrogens with zero attached hydrogens (tertiary/aromatic N) is 4. The van der Waals surface area contributed by atoms with Gasteiger partial charge in [0.05, 0.1) is 28.1 Å². The molecule has 0 unspecified atom stereocenters. The van der Waals surface area contributed by atoms with Crippen LogP contribution >= 0.6 is 11.3 Å². The maximum atomic E-state index is 13.1. The number of alkyl halides is 3. The van der Waals surface area contributed by atoms with Crippen molar-refractivity contribution in [3.8, 4) is 0 Å². The van der Waals surface area contributed by atoms with Crippen LogP contribution in [0, 0.1) is 0 Å². The Balaban J connectivity index is 1.74. The van der Waals surface area contributed by atoms with Gasteiger partial charge in [-0.15, -0.1) is 11.3 Å². The lowest BCUT2D eigenvalue weighted by Gasteiger charge is -2.01. The van der Waals surface area contributed by atoms with Gasteiger partial charge in [-0.05, 0) is 18.9 Å². The molecule has 0 spiro atoms. The van der Waals surface area contributed by atoms with Gasteiger partial charge >= 0.3 is 6.18 Å². The highest BCUT2D eigenvalue weighted by Gasteiger charge is 2.37. The van der Waals surface area contributed by atoms with Gasteiger partial charge in [-0.1, -0.05) is 0 Å². The Morgan fingerprint density at radius 2 is 2.14 bits per heavy atom. The van der Waals surface area contributed by atoms with E-state index in [2.05, 4.69) is 15.1 Å². The molecule has 3 aromatic rings. The molecule has 1 aliphatic rings. The number of aromatic nitrogens is 4. The van der Waals surface area contributed by atoms with Crippen LogP contribution in [0.5, 0.6) is 0 Å². The minimum atomic E-state index is -4.49. The fourth-order valence-electron chi connectivity index (χ4n) is 2.42. The molecule has 3 heterocycles. The molecule has 0 amide bonds. The zero-order valence-corrected chi connectivity index (χ0v) is 12.2. The number of pyridine rings is 1. The summed E-state index contributed by atoms with van der Waals surface area (Å²) in [5.41, 5.74) is 0.276. The summed E-state index contributed by atoms with van der Waals surface area (Å²) in [4.78, 5) is 8.28. The summed E-state index contributed by atoms with van der Waals surface area (Å²) >= 11 is 1.57. The van der Waals surface area contributed by atoms with Gasteiger partial charge in [0.25, 0.3) is 0 Å². The number of thiazole rings is 1. The third-order valence-corrected chi connectivity index (χ3v) is 4.68. The van der Waals surface area contributed by atoms with E-state index in [4.69, 9.17) is 0 Å². The standard InChI is InChI=1S/C14H11F3N4S/c15-14(16,17)12-10-5-18-4-3-11(10)21(20-12)6-9-7-22-13(19-9)8-1-2-8/h3-5,7-8H,1-2,6H2. The van der Waals surface area contributed by atoms with E-state index in [0.29, 0.717) is 11.4 Å². The molecule has 0 aromatic carbocycles. The monoisotopic (exact) mass is 324 g/mol. The summed E-state index contributed by atoms with van der Waals surface area (Å²) in [6, 6.07) is 1.55. The van der Waals surface area contributed by atoms with E-state index in [0.717, 1.165) is 23.5 Å². The van der Waals surface area contributed by atoms with Crippen LogP contribution in [0.3, 0.4) is 0 Å². The zero-order chi connectivity index (χ0) is 15.3. The molecule has 0 atom stereocenters. The Morgan fingerprint density at radius 3 is 2.86 bits per heavy atom. The maximum absolute atomic E-state index is 13.1. The van der Waals surface area contributed by atoms with Crippen LogP contribution < -0.4 is 0 Å². The topological polar surface area (TPSA) is 43.6 Å². The van der Waals surface area contributed by atoms with Crippen molar-refractivity contribution in [3.63, 3.8) is 0 Å². The third kappa shape index (κ3) is 2.37. The molecule has 4 rings (SSSR count). The van der Waals surface area contributed by atoms with E-state index in [1.165, 1.54) is 17.1 Å². The number of hydrogen-bond donors (Lipinski definition) is 0. The van der Waals surface area contributed by atoms with Gasteiger partial charge in [0.1, 0.15) is 0 Å². The summed E-state index contributed by atoms with van der Waals surface area (Å²) < 4.78 is 40.6. The van der Waals surface area contributed by atoms with Crippen LogP contribution in [-0.4, -0.2) is 19.7 Å². The van der Waals surface area contributed by atoms with Gasteiger partial charge in [-0.3, -0.25) is 9.67 Å². The molecule has 22 heavy (non-hydrogen) atoms. The van der Waals surface area contributed by atoms with Crippen molar-refractivity contribution < 1.29 is 13.2 Å². The summed E-state index contributed by atoms with van der Waals surface area (Å²) in [5.74, 6) is 0.544. The van der Waals surface area contributed by atoms with Crippen molar-refractivity contribution in [1.82, 2.24) is 19.7 Å². The molecule has 0 saturated heterocycles. The molecule has 1 fully saturated rings. The minimum Gasteiger partial charge on any atom is -0.264 e. The number of hydrogen-bond acceptors (Lipinski definition) is 4. The Bertz CT molecular complexity index is 832. The Hall–Kier alpha value is -1.96. The van der Waals surface area contributed by atoms with E-state index in [1.807, 2.05) is 5.38 Å². The highest BCUT2D eigenvalue weighted by atomic mass is 32.1. The largest absolute Gasteiger partial charge is 0.435 e. The molecule has 114 valence electrons. The first-order valence-corrected chi connectivity index (χ1v) is 7.72. The smallest absolute Gasteiger partial charge is 0.264 e. The molecule has 0 aliphatic heterocycles. The van der Waals surface area contributed by atoms with E-state index in [9.17, 15) is 13.2 Å². The SMILES string of the molecule is FC(F)(F)c1nn(Cc2csc(C3CC3)n2)c2ccncc12. The number of rotatable bonds is 3. The fraction of sp³-hybridized carbons (Fsp3) is 0.357. The Labute approximate surface area is 127 Å². The van der Waals surface area contributed by atoms with Crippen LogP contribution in [0.4, 0.5) is 13.2 Å². The van der Waals surface area contributed by atoms with Crippen molar-refractivity contribution in [2.45, 2.75) is 31.5 Å². The summed E-state index contributed by atoms with van der Waals surface area (Å²) in [7, 11) is 0. The second kappa shape index (κ2) is 4.77. The molecule has 4 nitrogen and oxygen atoms in total. The van der Waals surface area contributed by atoms with Crippen molar-refractivity contribution in [2.24, 2.45) is 0 Å². The predicted octanol–water partition coefficient (Wildman–Crippen LogP) is 3.83. The fourth-order valence-corrected chi connectivity index (χ4v) is 3.40. The molecular formula is C14H11F3N4S. The van der Waals surface area contributed by atoms with Crippen molar-refractivity contribution >= 4 is 22.2 Å². The molecule has 0 bridgehead atoms. The minimum absolute atomic E-state index is 0.0210. The van der Waals surface area contributed by atoms with E-state index in [-0.39, 0.29) is 11.9 Å². The average molecular weight is 324 g/mol. The van der Waals surface area contributed by atoms with Crippen molar-refractivity contribution in [3.05, 3.63) is 40.2 Å². The summed E-state index contributed by atoms with van der Waals surface area (Å²) in [6.07, 6.45) is 0.493. The predicted molar refractivity (Wildman–Crippen MR) is 75.7 cm³/mol. The normalized spacial score (nSPS) is 15.6. The molecular weight excluding hydrogens is 313 g/mol. The zero-order valence-electron chi connectivity index (χ0n) is 11.3. The molecule has 1 saturated carbocycles. The molecule has 3 aromatic heterocycles. The van der Waals surface area contributed by atoms with E-state index >= 15 is 0 Å². The lowest BCUT2D eigenvalue weighted by Crippen LogP contribution is -2.09. The first-order valence-electron chi connectivity index (χ1n) is 6.84. The lowest BCUT2D eigenvalue weighted by molar-refractivity contribution is -0.140. The van der Waals surface area contributed by atoms with Gasteiger partial charge < -0.3 is 0 Å². The first kappa shape index (κ1) is 13.7. The van der Waals surface area contributed by atoms with Crippen LogP contribution in [0.25, 0.3) is 10.9 Å². The van der Waals surface area contributed by atoms with Gasteiger partial charge in [0, 0.05) is 23.7 Å². The van der Waals surface area contributed by atoms with Crippen molar-refractivity contribution in [1.29, 1.82) is 0 Å². The Kier molecular flexibility index (Phi) is 2.97. The van der Waals surface area contributed by atoms with Crippen LogP contribution in [-0.2, 0) is 12.7 Å². The van der Waals surface area contributed by atoms with E-state index in [1.54, 1.807) is 17.4 Å². The molecule has 8 heteroatoms. The molecule has 0 N–H and O–H groups in total. The average Bonchev–Trinajstić information content (AvgIpc) is 3.11. The van der Waals surface area contributed by atoms with Crippen molar-refractivity contribution in [2.75, 3.05) is 0 Å². The molecule has 1 aliphatic carbocycles. The van der Waals surface area contributed by atoms with Gasteiger partial charge in [0.2, 0.25) is 0 Å². The van der Waals surface area contributed by atoms with Crippen LogP contribution in [0.2, 0.25) is 0 Å². The number of fused-ring (bicyclic) bond motifs is 1. The highest BCUT2D eigenvalue weighted by Crippen LogP contribution is 2.41. The van der Waals surface area contributed by atoms with Crippen LogP contribution in [0.15, 0.2) is 23.8 Å². The second-order valence-corrected chi connectivity index (χ2v) is 6.24. The number of halogens is 3. The van der Waals surface area contributed by atoms with Gasteiger partial charge in [-0.2, -0.15) is 18.3 Å². The molecule has 0 radical (unpaired) electrons. The first-order chi connectivity index (χ1) is 10.5. The highest BCUT2D eigenvalue weighted by molar-refractivity contribution is 7.09.